The summed E-state index contributed by atoms with van der Waals surface area (Å²) < 4.78 is 85.4. The van der Waals surface area contributed by atoms with E-state index in [0.29, 0.717) is 42.2 Å². The van der Waals surface area contributed by atoms with Gasteiger partial charge in [-0.3, -0.25) is 4.79 Å². The highest BCUT2D eigenvalue weighted by Crippen LogP contribution is 2.69. The van der Waals surface area contributed by atoms with E-state index in [0.717, 1.165) is 57.4 Å². The number of esters is 1. The first-order valence-corrected chi connectivity index (χ1v) is 18.4. The molecule has 4 aliphatic rings. The number of benzene rings is 1. The predicted molar refractivity (Wildman–Crippen MR) is 162 cm³/mol. The van der Waals surface area contributed by atoms with E-state index in [1.54, 1.807) is 0 Å². The Balaban J connectivity index is 1.19. The Hall–Kier alpha value is -1.92. The number of hydrogen-bond donors (Lipinski definition) is 2. The monoisotopic (exact) mass is 676 g/mol. The largest absolute Gasteiger partial charge is 0.573 e. The number of halogens is 4. The summed E-state index contributed by atoms with van der Waals surface area (Å²) in [5.74, 6) is -2.70. The van der Waals surface area contributed by atoms with Gasteiger partial charge >= 0.3 is 12.3 Å². The van der Waals surface area contributed by atoms with Crippen LogP contribution in [0.2, 0.25) is 0 Å². The first-order valence-electron chi connectivity index (χ1n) is 16.7. The number of aliphatic hydroxyl groups excluding tert-OH is 2. The molecule has 1 aromatic rings. The molecule has 0 aromatic heterocycles. The highest BCUT2D eigenvalue weighted by Gasteiger charge is 2.64. The van der Waals surface area contributed by atoms with Gasteiger partial charge in [0.25, 0.3) is 0 Å². The van der Waals surface area contributed by atoms with E-state index in [4.69, 9.17) is 4.74 Å². The van der Waals surface area contributed by atoms with Crippen LogP contribution in [-0.2, 0) is 19.4 Å². The van der Waals surface area contributed by atoms with Crippen LogP contribution in [0, 0.1) is 58.1 Å². The van der Waals surface area contributed by atoms with Crippen molar-refractivity contribution < 1.29 is 50.5 Å². The number of hydrogen-bond acceptors (Lipinski definition) is 7. The Bertz CT molecular complexity index is 1390. The second-order valence-electron chi connectivity index (χ2n) is 15.0. The number of alkyl halides is 3. The van der Waals surface area contributed by atoms with Crippen molar-refractivity contribution in [1.82, 2.24) is 0 Å². The fourth-order valence-corrected chi connectivity index (χ4v) is 11.8. The zero-order chi connectivity index (χ0) is 33.8. The topological polar surface area (TPSA) is 110 Å². The molecule has 0 spiro atoms. The zero-order valence-corrected chi connectivity index (χ0v) is 27.9. The van der Waals surface area contributed by atoms with Crippen LogP contribution in [0.25, 0.3) is 0 Å². The van der Waals surface area contributed by atoms with Crippen molar-refractivity contribution in [3.63, 3.8) is 0 Å². The van der Waals surface area contributed by atoms with Crippen molar-refractivity contribution in [2.45, 2.75) is 109 Å². The lowest BCUT2D eigenvalue weighted by molar-refractivity contribution is -0.275. The molecule has 0 aliphatic heterocycles. The van der Waals surface area contributed by atoms with Crippen LogP contribution in [-0.4, -0.2) is 55.5 Å². The minimum atomic E-state index is -5.14. The van der Waals surface area contributed by atoms with Gasteiger partial charge < -0.3 is 19.7 Å². The number of carbonyl (C=O) groups excluding carboxylic acids is 1. The summed E-state index contributed by atoms with van der Waals surface area (Å²) in [5, 5.41) is 22.4. The Morgan fingerprint density at radius 1 is 1.04 bits per heavy atom. The fraction of sp³-hybridized carbons (Fsp3) is 0.794. The number of sulfone groups is 1. The van der Waals surface area contributed by atoms with Gasteiger partial charge in [0, 0.05) is 0 Å². The van der Waals surface area contributed by atoms with E-state index in [9.17, 15) is 41.0 Å². The molecule has 1 aromatic carbocycles. The van der Waals surface area contributed by atoms with Gasteiger partial charge in [-0.1, -0.05) is 34.1 Å². The first kappa shape index (κ1) is 35.4. The van der Waals surface area contributed by atoms with Crippen molar-refractivity contribution in [3.05, 3.63) is 24.0 Å². The van der Waals surface area contributed by atoms with Gasteiger partial charge in [-0.05, 0) is 122 Å². The molecule has 2 N–H and O–H groups in total. The molecule has 5 rings (SSSR count). The second-order valence-corrected chi connectivity index (χ2v) is 17.0. The number of rotatable bonds is 9. The van der Waals surface area contributed by atoms with Crippen LogP contribution in [0.3, 0.4) is 0 Å². The van der Waals surface area contributed by atoms with Crippen LogP contribution in [0.4, 0.5) is 17.6 Å². The first-order chi connectivity index (χ1) is 21.4. The lowest BCUT2D eigenvalue weighted by Crippen LogP contribution is -2.62. The fourth-order valence-electron chi connectivity index (χ4n) is 10.7. The minimum Gasteiger partial charge on any atom is -0.465 e. The second kappa shape index (κ2) is 12.8. The lowest BCUT2D eigenvalue weighted by Gasteiger charge is -2.64. The molecule has 260 valence electrons. The van der Waals surface area contributed by atoms with Crippen molar-refractivity contribution in [1.29, 1.82) is 0 Å². The Morgan fingerprint density at radius 2 is 1.72 bits per heavy atom. The zero-order valence-electron chi connectivity index (χ0n) is 27.1. The molecule has 11 atom stereocenters. The van der Waals surface area contributed by atoms with E-state index in [1.165, 1.54) is 0 Å². The van der Waals surface area contributed by atoms with Gasteiger partial charge in [0.15, 0.2) is 27.2 Å². The third-order valence-corrected chi connectivity index (χ3v) is 14.4. The normalized spacial score (nSPS) is 38.3. The van der Waals surface area contributed by atoms with Crippen LogP contribution < -0.4 is 4.74 Å². The highest BCUT2D eigenvalue weighted by atomic mass is 32.2. The van der Waals surface area contributed by atoms with E-state index < -0.39 is 44.4 Å². The Kier molecular flexibility index (Phi) is 9.88. The van der Waals surface area contributed by atoms with Crippen molar-refractivity contribution >= 4 is 15.8 Å². The summed E-state index contributed by atoms with van der Waals surface area (Å²) in [6, 6.07) is 1.70. The van der Waals surface area contributed by atoms with Crippen molar-refractivity contribution in [2.24, 2.45) is 52.3 Å². The van der Waals surface area contributed by atoms with Crippen molar-refractivity contribution in [3.8, 4) is 5.75 Å². The highest BCUT2D eigenvalue weighted by molar-refractivity contribution is 7.92. The summed E-state index contributed by atoms with van der Waals surface area (Å²) in [6.07, 6.45) is 2.36. The van der Waals surface area contributed by atoms with Gasteiger partial charge in [0.1, 0.15) is 0 Å². The quantitative estimate of drug-likeness (QED) is 0.222. The number of ether oxygens (including phenoxy) is 2. The average Bonchev–Trinajstić information content (AvgIpc) is 3.31. The van der Waals surface area contributed by atoms with Crippen LogP contribution >= 0.6 is 0 Å². The summed E-state index contributed by atoms with van der Waals surface area (Å²) in [5.41, 5.74) is 0.144. The molecule has 0 amide bonds. The van der Waals surface area contributed by atoms with E-state index in [2.05, 4.69) is 32.4 Å². The summed E-state index contributed by atoms with van der Waals surface area (Å²) in [4.78, 5) is 11.8. The molecule has 0 heterocycles. The SMILES string of the molecule is CC[C@H]1[C@@H](O)[C@@H]2[C@H](CC[C@]3(C)[C@@H]([C@H](C)CCOC(=O)CS(=O)(=O)c4ccc(OC(F)(F)F)c(F)c4)CC[C@@H]23)[C@@]2(C)CC[C@@H](O)C[C@@H]12. The number of aliphatic hydroxyl groups is 2. The molecule has 0 bridgehead atoms. The van der Waals surface area contributed by atoms with E-state index in [1.807, 2.05) is 0 Å². The predicted octanol–water partition coefficient (Wildman–Crippen LogP) is 6.69. The smallest absolute Gasteiger partial charge is 0.465 e. The van der Waals surface area contributed by atoms with E-state index >= 15 is 0 Å². The van der Waals surface area contributed by atoms with Crippen LogP contribution in [0.5, 0.6) is 5.75 Å². The maximum atomic E-state index is 14.1. The molecule has 4 aliphatic carbocycles. The number of carbonyl (C=O) groups is 1. The summed E-state index contributed by atoms with van der Waals surface area (Å²) in [6.45, 7) is 9.07. The molecular formula is C34H48F4O7S. The molecule has 0 unspecified atom stereocenters. The van der Waals surface area contributed by atoms with Crippen molar-refractivity contribution in [2.75, 3.05) is 12.4 Å². The molecular weight excluding hydrogens is 628 g/mol. The van der Waals surface area contributed by atoms with Gasteiger partial charge in [0.05, 0.1) is 23.7 Å². The third kappa shape index (κ3) is 6.56. The van der Waals surface area contributed by atoms with Gasteiger partial charge in [-0.25, -0.2) is 12.8 Å². The maximum absolute atomic E-state index is 14.1. The summed E-state index contributed by atoms with van der Waals surface area (Å²) in [7, 11) is -4.36. The molecule has 7 nitrogen and oxygen atoms in total. The van der Waals surface area contributed by atoms with Gasteiger partial charge in [0.2, 0.25) is 0 Å². The molecule has 12 heteroatoms. The van der Waals surface area contributed by atoms with E-state index in [-0.39, 0.29) is 47.4 Å². The lowest BCUT2D eigenvalue weighted by atomic mass is 9.41. The molecule has 4 fully saturated rings. The third-order valence-electron chi connectivity index (χ3n) is 12.8. The van der Waals surface area contributed by atoms with Gasteiger partial charge in [-0.2, -0.15) is 0 Å². The Labute approximate surface area is 269 Å². The average molecular weight is 677 g/mol. The van der Waals surface area contributed by atoms with Gasteiger partial charge in [-0.15, -0.1) is 13.2 Å². The standard InChI is InChI=1S/C34H48F4O7S/c1-5-22-26-16-20(39)10-13-33(26,4)25-11-14-32(3)23(7-8-24(32)30(25)31(22)41)19(2)12-15-44-29(40)18-46(42,43)21-6-9-28(27(35)17-21)45-34(36,37)38/h6,9,17,19-20,22-26,30-31,39,41H,5,7-8,10-16,18H2,1-4H3/t19-,20-,22-,23-,24+,25+,26+,30+,31-,32-,33-/m1/s1. The minimum absolute atomic E-state index is 0.00809. The maximum Gasteiger partial charge on any atom is 0.573 e. The molecule has 4 saturated carbocycles. The van der Waals surface area contributed by atoms with Crippen LogP contribution in [0.1, 0.15) is 85.5 Å². The Morgan fingerprint density at radius 3 is 2.37 bits per heavy atom. The number of fused-ring (bicyclic) bond motifs is 5. The molecule has 46 heavy (non-hydrogen) atoms. The van der Waals surface area contributed by atoms with Crippen LogP contribution in [0.15, 0.2) is 23.1 Å². The summed E-state index contributed by atoms with van der Waals surface area (Å²) >= 11 is 0. The molecule has 0 saturated heterocycles. The molecule has 0 radical (unpaired) electrons.